The molecule has 0 fully saturated rings. The van der Waals surface area contributed by atoms with E-state index in [9.17, 15) is 0 Å². The molecule has 6 heteroatoms. The Hall–Kier alpha value is 2.49. The van der Waals surface area contributed by atoms with Crippen molar-refractivity contribution in [2.45, 2.75) is 0 Å². The zero-order chi connectivity index (χ0) is 7.41. The number of hydrogen-bond acceptors (Lipinski definition) is 2. The molecule has 0 spiro atoms. The number of hydrogen-bond donors (Lipinski definition) is 2. The molecule has 0 saturated carbocycles. The minimum atomic E-state index is 1.00. The van der Waals surface area contributed by atoms with Crippen molar-refractivity contribution < 1.29 is 10.2 Å². The Balaban J connectivity index is -0.0000000542. The Labute approximate surface area is 82.4 Å². The van der Waals surface area contributed by atoms with Crippen molar-refractivity contribution in [3.63, 3.8) is 0 Å². The Morgan fingerprint density at radius 1 is 0.875 bits per heavy atom. The molecule has 40 valence electrons. The third-order valence-electron chi connectivity index (χ3n) is 0.0833. The minimum absolute atomic E-state index is 1.00. The first-order chi connectivity index (χ1) is 3.91. The standard InChI is InChI=1S/2CH4O.2Mg.Se2/c2*1-2;;;1-2/h2*2H,1H3;;;/q;;2*+3;-2. The molecule has 0 aliphatic rings. The van der Waals surface area contributed by atoms with Crippen LogP contribution in [0, 0.1) is 0 Å². The topological polar surface area (TPSA) is 40.5 Å². The molecular weight excluding hydrogens is 263 g/mol. The fourth-order valence-electron chi connectivity index (χ4n) is 0. The third kappa shape index (κ3) is 39.1. The number of aliphatic hydroxyl groups excluding tert-OH is 2. The second-order valence-corrected chi connectivity index (χ2v) is 19.1. The summed E-state index contributed by atoms with van der Waals surface area (Å²) in [5.41, 5.74) is 0. The van der Waals surface area contributed by atoms with Gasteiger partial charge in [0.2, 0.25) is 0 Å². The van der Waals surface area contributed by atoms with E-state index in [1.165, 1.54) is 0 Å². The van der Waals surface area contributed by atoms with Gasteiger partial charge in [-0.05, 0) is 0 Å². The van der Waals surface area contributed by atoms with Gasteiger partial charge in [-0.2, -0.15) is 0 Å². The van der Waals surface area contributed by atoms with Gasteiger partial charge in [-0.15, -0.1) is 0 Å². The summed E-state index contributed by atoms with van der Waals surface area (Å²) in [5, 5.41) is 14.0. The molecule has 0 rings (SSSR count). The van der Waals surface area contributed by atoms with E-state index in [0.717, 1.165) is 34.4 Å². The van der Waals surface area contributed by atoms with Crippen molar-refractivity contribution in [1.29, 1.82) is 0 Å². The average Bonchev–Trinajstić information content (AvgIpc) is 1.96. The second-order valence-electron chi connectivity index (χ2n) is 0.236. The predicted molar refractivity (Wildman–Crippen MR) is 39.3 cm³/mol. The maximum atomic E-state index is 7.00. The Bertz CT molecular complexity index is 18.0. The van der Waals surface area contributed by atoms with Crippen LogP contribution in [0.5, 0.6) is 0 Å². The summed E-state index contributed by atoms with van der Waals surface area (Å²) in [7, 11) is 4.04. The van der Waals surface area contributed by atoms with Crippen molar-refractivity contribution in [2.75, 3.05) is 14.2 Å². The second kappa shape index (κ2) is 33.9. The molecule has 0 aliphatic heterocycles. The third-order valence-corrected chi connectivity index (χ3v) is 20.2. The summed E-state index contributed by atoms with van der Waals surface area (Å²) in [4.78, 5) is 0. The van der Waals surface area contributed by atoms with Crippen LogP contribution >= 0.6 is 0 Å². The van der Waals surface area contributed by atoms with Crippen LogP contribution in [0.3, 0.4) is 0 Å². The zero-order valence-corrected chi connectivity index (χ0v) is 11.4. The molecule has 0 amide bonds. The number of rotatable bonds is 1. The molecule has 0 bridgehead atoms. The molecule has 0 unspecified atom stereocenters. The summed E-state index contributed by atoms with van der Waals surface area (Å²) >= 11 is 4.24. The van der Waals surface area contributed by atoms with Gasteiger partial charge in [0.1, 0.15) is 0 Å². The van der Waals surface area contributed by atoms with Gasteiger partial charge in [-0.3, -0.25) is 0 Å². The molecule has 0 aromatic heterocycles. The van der Waals surface area contributed by atoms with Gasteiger partial charge in [0.25, 0.3) is 0 Å². The van der Waals surface area contributed by atoms with Crippen LogP contribution in [0.15, 0.2) is 0 Å². The quantitative estimate of drug-likeness (QED) is 0.526. The van der Waals surface area contributed by atoms with Crippen LogP contribution in [0.1, 0.15) is 0 Å². The van der Waals surface area contributed by atoms with Crippen LogP contribution in [0.2, 0.25) is 0 Å². The van der Waals surface area contributed by atoms with Gasteiger partial charge < -0.3 is 10.2 Å². The molecular formula is C2H8Mg2O2Se2+4. The molecule has 0 aromatic rings. The van der Waals surface area contributed by atoms with E-state index in [-0.39, 0.29) is 0 Å². The van der Waals surface area contributed by atoms with Crippen LogP contribution in [0.25, 0.3) is 0 Å². The van der Waals surface area contributed by atoms with E-state index < -0.39 is 0 Å². The van der Waals surface area contributed by atoms with Crippen LogP contribution < -0.4 is 0 Å². The van der Waals surface area contributed by atoms with Gasteiger partial charge >= 0.3 is 59.2 Å². The van der Waals surface area contributed by atoms with Gasteiger partial charge in [-0.25, -0.2) is 0 Å². The summed E-state index contributed by atoms with van der Waals surface area (Å²) in [6.07, 6.45) is 0. The van der Waals surface area contributed by atoms with E-state index >= 15 is 0 Å². The summed E-state index contributed by atoms with van der Waals surface area (Å²) < 4.78 is 0. The molecule has 0 saturated heterocycles. The van der Waals surface area contributed by atoms with Crippen molar-refractivity contribution in [2.24, 2.45) is 0 Å². The first kappa shape index (κ1) is 16.8. The zero-order valence-electron chi connectivity index (χ0n) is 5.13. The first-order valence-electron chi connectivity index (χ1n) is 1.64. The van der Waals surface area contributed by atoms with Gasteiger partial charge in [0.15, 0.2) is 0 Å². The molecule has 0 heterocycles. The molecule has 2 N–H and O–H groups in total. The predicted octanol–water partition coefficient (Wildman–Crippen LogP) is -2.31. The van der Waals surface area contributed by atoms with E-state index in [2.05, 4.69) is 39.0 Å². The van der Waals surface area contributed by atoms with Crippen LogP contribution in [-0.2, 0) is 0 Å². The summed E-state index contributed by atoms with van der Waals surface area (Å²) in [6.45, 7) is 0. The van der Waals surface area contributed by atoms with Crippen molar-refractivity contribution >= 4 is 59.2 Å². The maximum absolute atomic E-state index is 7.00. The Kier molecular flexibility index (Phi) is 71.4. The van der Waals surface area contributed by atoms with Gasteiger partial charge in [0, 0.05) is 14.2 Å². The normalized spacial score (nSPS) is 5.25. The van der Waals surface area contributed by atoms with Crippen molar-refractivity contribution in [3.8, 4) is 0 Å². The van der Waals surface area contributed by atoms with Crippen LogP contribution in [0.4, 0.5) is 0 Å². The SMILES string of the molecule is CO.CO.[Mg+2][Se][Se][Mg+2]. The van der Waals surface area contributed by atoms with E-state index in [4.69, 9.17) is 10.2 Å². The summed E-state index contributed by atoms with van der Waals surface area (Å²) in [5.74, 6) is 0. The van der Waals surface area contributed by atoms with E-state index in [0.29, 0.717) is 0 Å². The first-order valence-corrected chi connectivity index (χ1v) is 14.4. The average molecular weight is 271 g/mol. The van der Waals surface area contributed by atoms with Crippen molar-refractivity contribution in [3.05, 3.63) is 0 Å². The molecule has 0 aromatic carbocycles. The van der Waals surface area contributed by atoms with Gasteiger partial charge in [-0.1, -0.05) is 0 Å². The number of aliphatic hydroxyl groups is 2. The Morgan fingerprint density at radius 2 is 1.00 bits per heavy atom. The summed E-state index contributed by atoms with van der Waals surface area (Å²) in [6, 6.07) is 0. The monoisotopic (exact) mass is 272 g/mol. The van der Waals surface area contributed by atoms with Crippen LogP contribution in [-0.4, -0.2) is 83.6 Å². The molecule has 0 atom stereocenters. The molecule has 0 aliphatic carbocycles. The molecule has 8 heavy (non-hydrogen) atoms. The van der Waals surface area contributed by atoms with E-state index in [1.807, 2.05) is 0 Å². The van der Waals surface area contributed by atoms with Gasteiger partial charge in [0.05, 0.1) is 0 Å². The Morgan fingerprint density at radius 3 is 1.00 bits per heavy atom. The van der Waals surface area contributed by atoms with Crippen molar-refractivity contribution in [1.82, 2.24) is 0 Å². The fraction of sp³-hybridized carbons (Fsp3) is 1.00. The van der Waals surface area contributed by atoms with E-state index in [1.54, 1.807) is 0 Å². The molecule has 14 radical (unpaired) electrons. The fourth-order valence-corrected chi connectivity index (χ4v) is 0. The molecule has 2 nitrogen and oxygen atoms in total.